The standard InChI is InChI=1S/C15H18N2O4S/c1-7-4-10(6-22-7)13(18)16-17-14(19)11-8-2-3-9(5-8)12(11)15(20)21/h4,6,8-9,11-12H,2-3,5H2,1H3,(H,16,18)(H,17,19)(H,20,21)/t8-,9+,11+,12+/m1/s1. The van der Waals surface area contributed by atoms with Gasteiger partial charge in [-0.3, -0.25) is 25.2 Å². The van der Waals surface area contributed by atoms with Crippen molar-refractivity contribution in [1.82, 2.24) is 10.9 Å². The van der Waals surface area contributed by atoms with Gasteiger partial charge in [0.2, 0.25) is 5.91 Å². The number of hydrogen-bond donors (Lipinski definition) is 3. The number of aliphatic carboxylic acids is 1. The zero-order chi connectivity index (χ0) is 15.9. The lowest BCUT2D eigenvalue weighted by atomic mass is 9.79. The van der Waals surface area contributed by atoms with Gasteiger partial charge in [-0.15, -0.1) is 11.3 Å². The molecule has 6 nitrogen and oxygen atoms in total. The molecule has 118 valence electrons. The Morgan fingerprint density at radius 2 is 1.86 bits per heavy atom. The van der Waals surface area contributed by atoms with E-state index in [9.17, 15) is 19.5 Å². The monoisotopic (exact) mass is 322 g/mol. The van der Waals surface area contributed by atoms with Crippen LogP contribution in [0.2, 0.25) is 0 Å². The van der Waals surface area contributed by atoms with Crippen LogP contribution in [0, 0.1) is 30.6 Å². The maximum Gasteiger partial charge on any atom is 0.307 e. The van der Waals surface area contributed by atoms with E-state index in [-0.39, 0.29) is 23.7 Å². The molecule has 0 saturated heterocycles. The molecule has 2 fully saturated rings. The molecule has 4 atom stereocenters. The van der Waals surface area contributed by atoms with Crippen molar-refractivity contribution in [2.24, 2.45) is 23.7 Å². The van der Waals surface area contributed by atoms with Gasteiger partial charge < -0.3 is 5.11 Å². The van der Waals surface area contributed by atoms with Gasteiger partial charge >= 0.3 is 5.97 Å². The van der Waals surface area contributed by atoms with E-state index in [1.54, 1.807) is 11.4 Å². The number of fused-ring (bicyclic) bond motifs is 2. The van der Waals surface area contributed by atoms with Gasteiger partial charge in [-0.2, -0.15) is 0 Å². The number of amides is 2. The first kappa shape index (κ1) is 15.0. The SMILES string of the molecule is Cc1cc(C(=O)NNC(=O)[C@H]2[C@@H]3CC[C@@H](C3)[C@@H]2C(=O)O)cs1. The Balaban J connectivity index is 1.62. The number of carboxylic acid groups (broad SMARTS) is 1. The van der Waals surface area contributed by atoms with Gasteiger partial charge in [-0.1, -0.05) is 0 Å². The lowest BCUT2D eigenvalue weighted by Gasteiger charge is -2.26. The van der Waals surface area contributed by atoms with Crippen LogP contribution in [0.4, 0.5) is 0 Å². The van der Waals surface area contributed by atoms with Crippen molar-refractivity contribution in [1.29, 1.82) is 0 Å². The van der Waals surface area contributed by atoms with Gasteiger partial charge in [-0.25, -0.2) is 0 Å². The fourth-order valence-corrected chi connectivity index (χ4v) is 4.54. The van der Waals surface area contributed by atoms with Crippen molar-refractivity contribution in [2.75, 3.05) is 0 Å². The molecule has 2 aliphatic carbocycles. The summed E-state index contributed by atoms with van der Waals surface area (Å²) in [4.78, 5) is 36.6. The number of thiophene rings is 1. The lowest BCUT2D eigenvalue weighted by Crippen LogP contribution is -2.48. The van der Waals surface area contributed by atoms with E-state index in [1.807, 2.05) is 6.92 Å². The maximum atomic E-state index is 12.3. The Kier molecular flexibility index (Phi) is 3.90. The third-order valence-corrected chi connectivity index (χ3v) is 5.66. The maximum absolute atomic E-state index is 12.3. The molecule has 1 aromatic rings. The summed E-state index contributed by atoms with van der Waals surface area (Å²) in [5.74, 6) is -2.64. The van der Waals surface area contributed by atoms with Crippen LogP contribution in [0.25, 0.3) is 0 Å². The van der Waals surface area contributed by atoms with Crippen molar-refractivity contribution in [2.45, 2.75) is 26.2 Å². The summed E-state index contributed by atoms with van der Waals surface area (Å²) < 4.78 is 0. The highest BCUT2D eigenvalue weighted by atomic mass is 32.1. The molecule has 7 heteroatoms. The van der Waals surface area contributed by atoms with E-state index in [0.29, 0.717) is 5.56 Å². The van der Waals surface area contributed by atoms with Crippen molar-refractivity contribution < 1.29 is 19.5 Å². The van der Waals surface area contributed by atoms with E-state index in [4.69, 9.17) is 0 Å². The van der Waals surface area contributed by atoms with Crippen molar-refractivity contribution in [3.05, 3.63) is 21.9 Å². The number of aryl methyl sites for hydroxylation is 1. The smallest absolute Gasteiger partial charge is 0.307 e. The molecule has 2 aliphatic rings. The largest absolute Gasteiger partial charge is 0.481 e. The molecular formula is C15H18N2O4S. The van der Waals surface area contributed by atoms with E-state index in [2.05, 4.69) is 10.9 Å². The van der Waals surface area contributed by atoms with Crippen LogP contribution in [0.1, 0.15) is 34.5 Å². The van der Waals surface area contributed by atoms with E-state index in [1.165, 1.54) is 11.3 Å². The number of hydrogen-bond acceptors (Lipinski definition) is 4. The highest BCUT2D eigenvalue weighted by Crippen LogP contribution is 2.52. The van der Waals surface area contributed by atoms with Crippen LogP contribution in [-0.2, 0) is 9.59 Å². The summed E-state index contributed by atoms with van der Waals surface area (Å²) in [6, 6.07) is 1.74. The van der Waals surface area contributed by atoms with Gasteiger partial charge in [0, 0.05) is 10.3 Å². The van der Waals surface area contributed by atoms with Crippen LogP contribution in [0.15, 0.2) is 11.4 Å². The number of nitrogens with one attached hydrogen (secondary N) is 2. The highest BCUT2D eigenvalue weighted by Gasteiger charge is 2.54. The molecule has 2 saturated carbocycles. The second-order valence-corrected chi connectivity index (χ2v) is 7.23. The second kappa shape index (κ2) is 5.72. The summed E-state index contributed by atoms with van der Waals surface area (Å²) >= 11 is 1.46. The second-order valence-electron chi connectivity index (χ2n) is 6.11. The third kappa shape index (κ3) is 2.61. The number of carbonyl (C=O) groups is 3. The number of carboxylic acids is 1. The minimum absolute atomic E-state index is 0.0912. The Hall–Kier alpha value is -1.89. The molecule has 1 aromatic heterocycles. The normalized spacial score (nSPS) is 29.3. The molecule has 3 N–H and O–H groups in total. The topological polar surface area (TPSA) is 95.5 Å². The predicted molar refractivity (Wildman–Crippen MR) is 80.1 cm³/mol. The minimum atomic E-state index is -0.910. The number of hydrazine groups is 1. The molecule has 0 spiro atoms. The molecule has 0 unspecified atom stereocenters. The zero-order valence-electron chi connectivity index (χ0n) is 12.2. The van der Waals surface area contributed by atoms with Crippen LogP contribution in [-0.4, -0.2) is 22.9 Å². The van der Waals surface area contributed by atoms with Gasteiger partial charge in [0.1, 0.15) is 0 Å². The van der Waals surface area contributed by atoms with Gasteiger partial charge in [0.15, 0.2) is 0 Å². The molecule has 22 heavy (non-hydrogen) atoms. The van der Waals surface area contributed by atoms with Crippen LogP contribution in [0.3, 0.4) is 0 Å². The Labute approximate surface area is 131 Å². The average molecular weight is 322 g/mol. The first-order valence-corrected chi connectivity index (χ1v) is 8.23. The average Bonchev–Trinajstić information content (AvgIpc) is 3.18. The molecule has 0 aliphatic heterocycles. The molecule has 1 heterocycles. The third-order valence-electron chi connectivity index (χ3n) is 4.80. The first-order valence-electron chi connectivity index (χ1n) is 7.35. The van der Waals surface area contributed by atoms with E-state index < -0.39 is 17.8 Å². The Morgan fingerprint density at radius 3 is 2.45 bits per heavy atom. The van der Waals surface area contributed by atoms with Crippen molar-refractivity contribution >= 4 is 29.1 Å². The molecular weight excluding hydrogens is 304 g/mol. The van der Waals surface area contributed by atoms with Crippen LogP contribution < -0.4 is 10.9 Å². The van der Waals surface area contributed by atoms with Gasteiger partial charge in [-0.05, 0) is 44.1 Å². The van der Waals surface area contributed by atoms with Gasteiger partial charge in [0.25, 0.3) is 5.91 Å². The summed E-state index contributed by atoms with van der Waals surface area (Å²) in [5, 5.41) is 11.1. The molecule has 3 rings (SSSR count). The summed E-state index contributed by atoms with van der Waals surface area (Å²) in [7, 11) is 0. The molecule has 0 radical (unpaired) electrons. The Morgan fingerprint density at radius 1 is 1.18 bits per heavy atom. The molecule has 0 aromatic carbocycles. The Bertz CT molecular complexity index is 627. The fourth-order valence-electron chi connectivity index (χ4n) is 3.86. The fraction of sp³-hybridized carbons (Fsp3) is 0.533. The van der Waals surface area contributed by atoms with Crippen LogP contribution >= 0.6 is 11.3 Å². The summed E-state index contributed by atoms with van der Waals surface area (Å²) in [6.07, 6.45) is 2.57. The van der Waals surface area contributed by atoms with Crippen LogP contribution in [0.5, 0.6) is 0 Å². The van der Waals surface area contributed by atoms with Crippen molar-refractivity contribution in [3.8, 4) is 0 Å². The summed E-state index contributed by atoms with van der Waals surface area (Å²) in [6.45, 7) is 1.90. The summed E-state index contributed by atoms with van der Waals surface area (Å²) in [5.41, 5.74) is 5.28. The number of carbonyl (C=O) groups excluding carboxylic acids is 2. The first-order chi connectivity index (χ1) is 10.5. The molecule has 2 amide bonds. The quantitative estimate of drug-likeness (QED) is 0.736. The molecule has 2 bridgehead atoms. The number of rotatable bonds is 3. The lowest BCUT2D eigenvalue weighted by molar-refractivity contribution is -0.149. The zero-order valence-corrected chi connectivity index (χ0v) is 13.0. The van der Waals surface area contributed by atoms with Gasteiger partial charge in [0.05, 0.1) is 17.4 Å². The minimum Gasteiger partial charge on any atom is -0.481 e. The highest BCUT2D eigenvalue weighted by molar-refractivity contribution is 7.10. The van der Waals surface area contributed by atoms with E-state index in [0.717, 1.165) is 24.1 Å². The van der Waals surface area contributed by atoms with Crippen molar-refractivity contribution in [3.63, 3.8) is 0 Å². The van der Waals surface area contributed by atoms with E-state index >= 15 is 0 Å². The predicted octanol–water partition coefficient (Wildman–Crippen LogP) is 1.56.